The van der Waals surface area contributed by atoms with Crippen LogP contribution in [-0.4, -0.2) is 43.6 Å². The van der Waals surface area contributed by atoms with Crippen molar-refractivity contribution in [3.63, 3.8) is 0 Å². The quantitative estimate of drug-likeness (QED) is 0.823. The number of hydrogen-bond acceptors (Lipinski definition) is 4. The molecule has 0 unspecified atom stereocenters. The van der Waals surface area contributed by atoms with Gasteiger partial charge in [0.15, 0.2) is 0 Å². The van der Waals surface area contributed by atoms with Crippen LogP contribution >= 0.6 is 0 Å². The summed E-state index contributed by atoms with van der Waals surface area (Å²) < 4.78 is 3.87. The summed E-state index contributed by atoms with van der Waals surface area (Å²) in [5.74, 6) is 0.558. The first-order valence-electron chi connectivity index (χ1n) is 9.57. The predicted molar refractivity (Wildman–Crippen MR) is 103 cm³/mol. The third kappa shape index (κ3) is 4.61. The summed E-state index contributed by atoms with van der Waals surface area (Å²) in [6, 6.07) is 1.70. The fourth-order valence-electron chi connectivity index (χ4n) is 3.54. The first kappa shape index (κ1) is 18.8. The standard InChI is InChI=1S/C20H31N5O/c1-20(2,3)18-11-19(26)25(15-22-18)13-16-5-8-24(9-6-16)10-7-17-12-21-14-23(17)4/h11-12,14-16H,5-10,13H2,1-4H3. The lowest BCUT2D eigenvalue weighted by atomic mass is 9.92. The van der Waals surface area contributed by atoms with E-state index in [-0.39, 0.29) is 11.0 Å². The molecule has 26 heavy (non-hydrogen) atoms. The van der Waals surface area contributed by atoms with Crippen LogP contribution in [0.1, 0.15) is 45.0 Å². The van der Waals surface area contributed by atoms with E-state index in [0.29, 0.717) is 5.92 Å². The van der Waals surface area contributed by atoms with Gasteiger partial charge in [-0.1, -0.05) is 20.8 Å². The fraction of sp³-hybridized carbons (Fsp3) is 0.650. The van der Waals surface area contributed by atoms with E-state index < -0.39 is 0 Å². The van der Waals surface area contributed by atoms with Gasteiger partial charge in [0.05, 0.1) is 18.3 Å². The third-order valence-corrected chi connectivity index (χ3v) is 5.41. The zero-order valence-corrected chi connectivity index (χ0v) is 16.5. The Bertz CT molecular complexity index is 778. The number of aromatic nitrogens is 4. The Morgan fingerprint density at radius 2 is 1.92 bits per heavy atom. The zero-order chi connectivity index (χ0) is 18.7. The zero-order valence-electron chi connectivity index (χ0n) is 16.5. The van der Waals surface area contributed by atoms with Gasteiger partial charge in [-0.2, -0.15) is 0 Å². The van der Waals surface area contributed by atoms with Gasteiger partial charge >= 0.3 is 0 Å². The predicted octanol–water partition coefficient (Wildman–Crippen LogP) is 2.23. The Labute approximate surface area is 155 Å². The topological polar surface area (TPSA) is 56.0 Å². The molecule has 1 aliphatic rings. The summed E-state index contributed by atoms with van der Waals surface area (Å²) in [6.45, 7) is 10.3. The summed E-state index contributed by atoms with van der Waals surface area (Å²) >= 11 is 0. The molecule has 1 fully saturated rings. The molecular weight excluding hydrogens is 326 g/mol. The highest BCUT2D eigenvalue weighted by atomic mass is 16.1. The minimum atomic E-state index is -0.0859. The van der Waals surface area contributed by atoms with E-state index in [0.717, 1.165) is 51.1 Å². The number of rotatable bonds is 5. The van der Waals surface area contributed by atoms with Crippen molar-refractivity contribution in [1.82, 2.24) is 24.0 Å². The maximum Gasteiger partial charge on any atom is 0.253 e. The Hall–Kier alpha value is -1.95. The molecule has 1 aliphatic heterocycles. The number of piperidine rings is 1. The molecule has 0 N–H and O–H groups in total. The minimum absolute atomic E-state index is 0.0727. The maximum absolute atomic E-state index is 12.4. The van der Waals surface area contributed by atoms with Gasteiger partial charge in [-0.25, -0.2) is 9.97 Å². The highest BCUT2D eigenvalue weighted by molar-refractivity contribution is 5.10. The van der Waals surface area contributed by atoms with Gasteiger partial charge in [0, 0.05) is 49.9 Å². The normalized spacial score (nSPS) is 16.9. The largest absolute Gasteiger partial charge is 0.338 e. The maximum atomic E-state index is 12.4. The molecule has 0 atom stereocenters. The molecule has 0 aliphatic carbocycles. The molecule has 142 valence electrons. The number of nitrogens with zero attached hydrogens (tertiary/aromatic N) is 5. The first-order valence-corrected chi connectivity index (χ1v) is 9.57. The van der Waals surface area contributed by atoms with Crippen LogP contribution in [0.5, 0.6) is 0 Å². The number of aryl methyl sites for hydroxylation is 1. The van der Waals surface area contributed by atoms with E-state index in [9.17, 15) is 4.79 Å². The molecule has 2 aromatic heterocycles. The average Bonchev–Trinajstić information content (AvgIpc) is 3.00. The van der Waals surface area contributed by atoms with Gasteiger partial charge in [-0.05, 0) is 31.8 Å². The van der Waals surface area contributed by atoms with E-state index in [4.69, 9.17) is 0 Å². The highest BCUT2D eigenvalue weighted by Gasteiger charge is 2.21. The Morgan fingerprint density at radius 1 is 1.19 bits per heavy atom. The molecular formula is C20H31N5O. The van der Waals surface area contributed by atoms with Gasteiger partial charge in [-0.3, -0.25) is 9.36 Å². The highest BCUT2D eigenvalue weighted by Crippen LogP contribution is 2.20. The second-order valence-corrected chi connectivity index (χ2v) is 8.55. The molecule has 0 aromatic carbocycles. The van der Waals surface area contributed by atoms with Crippen LogP contribution in [0.4, 0.5) is 0 Å². The van der Waals surface area contributed by atoms with Gasteiger partial charge < -0.3 is 9.47 Å². The SMILES string of the molecule is Cn1cncc1CCN1CCC(Cn2cnc(C(C)(C)C)cc2=O)CC1. The monoisotopic (exact) mass is 357 g/mol. The second kappa shape index (κ2) is 7.74. The summed E-state index contributed by atoms with van der Waals surface area (Å²) in [5.41, 5.74) is 2.13. The lowest BCUT2D eigenvalue weighted by Gasteiger charge is -2.32. The summed E-state index contributed by atoms with van der Waals surface area (Å²) in [6.07, 6.45) is 8.86. The van der Waals surface area contributed by atoms with Crippen molar-refractivity contribution < 1.29 is 0 Å². The van der Waals surface area contributed by atoms with Crippen LogP contribution < -0.4 is 5.56 Å². The Balaban J connectivity index is 1.50. The van der Waals surface area contributed by atoms with Crippen molar-refractivity contribution in [2.24, 2.45) is 13.0 Å². The van der Waals surface area contributed by atoms with Crippen molar-refractivity contribution >= 4 is 0 Å². The van der Waals surface area contributed by atoms with Gasteiger partial charge in [-0.15, -0.1) is 0 Å². The van der Waals surface area contributed by atoms with Crippen LogP contribution in [0.15, 0.2) is 29.7 Å². The Kier molecular flexibility index (Phi) is 5.61. The first-order chi connectivity index (χ1) is 12.3. The van der Waals surface area contributed by atoms with Crippen LogP contribution in [-0.2, 0) is 25.4 Å². The smallest absolute Gasteiger partial charge is 0.253 e. The van der Waals surface area contributed by atoms with Crippen LogP contribution in [0.3, 0.4) is 0 Å². The lowest BCUT2D eigenvalue weighted by Crippen LogP contribution is -2.37. The fourth-order valence-corrected chi connectivity index (χ4v) is 3.54. The summed E-state index contributed by atoms with van der Waals surface area (Å²) in [4.78, 5) is 23.6. The van der Waals surface area contributed by atoms with Crippen LogP contribution in [0.25, 0.3) is 0 Å². The van der Waals surface area contributed by atoms with E-state index in [1.54, 1.807) is 17.0 Å². The van der Waals surface area contributed by atoms with Crippen LogP contribution in [0.2, 0.25) is 0 Å². The van der Waals surface area contributed by atoms with Gasteiger partial charge in [0.25, 0.3) is 5.56 Å². The molecule has 0 bridgehead atoms. The Morgan fingerprint density at radius 3 is 2.50 bits per heavy atom. The molecule has 0 radical (unpaired) electrons. The van der Waals surface area contributed by atoms with Crippen molar-refractivity contribution in [2.45, 2.75) is 52.0 Å². The third-order valence-electron chi connectivity index (χ3n) is 5.41. The molecule has 0 amide bonds. The molecule has 6 heteroatoms. The van der Waals surface area contributed by atoms with E-state index in [1.165, 1.54) is 5.69 Å². The second-order valence-electron chi connectivity index (χ2n) is 8.55. The van der Waals surface area contributed by atoms with Crippen molar-refractivity contribution in [3.8, 4) is 0 Å². The van der Waals surface area contributed by atoms with Gasteiger partial charge in [0.2, 0.25) is 0 Å². The molecule has 2 aromatic rings. The van der Waals surface area contributed by atoms with Crippen molar-refractivity contribution in [2.75, 3.05) is 19.6 Å². The number of imidazole rings is 1. The van der Waals surface area contributed by atoms with E-state index in [1.807, 2.05) is 19.6 Å². The average molecular weight is 358 g/mol. The molecule has 3 rings (SSSR count). The molecule has 6 nitrogen and oxygen atoms in total. The summed E-state index contributed by atoms with van der Waals surface area (Å²) in [7, 11) is 2.05. The summed E-state index contributed by atoms with van der Waals surface area (Å²) in [5, 5.41) is 0. The van der Waals surface area contributed by atoms with E-state index in [2.05, 4.69) is 40.2 Å². The lowest BCUT2D eigenvalue weighted by molar-refractivity contribution is 0.173. The molecule has 0 saturated carbocycles. The van der Waals surface area contributed by atoms with Crippen molar-refractivity contribution in [3.05, 3.63) is 46.7 Å². The molecule has 1 saturated heterocycles. The molecule has 3 heterocycles. The van der Waals surface area contributed by atoms with Crippen LogP contribution in [0, 0.1) is 5.92 Å². The minimum Gasteiger partial charge on any atom is -0.338 e. The van der Waals surface area contributed by atoms with E-state index >= 15 is 0 Å². The van der Waals surface area contributed by atoms with Gasteiger partial charge in [0.1, 0.15) is 0 Å². The number of likely N-dealkylation sites (tertiary alicyclic amines) is 1. The number of hydrogen-bond donors (Lipinski definition) is 0. The molecule has 0 spiro atoms. The van der Waals surface area contributed by atoms with Crippen molar-refractivity contribution in [1.29, 1.82) is 0 Å².